The number of halogens is 1. The normalized spacial score (nSPS) is 12.4. The first-order valence-electron chi connectivity index (χ1n) is 4.78. The van der Waals surface area contributed by atoms with Crippen LogP contribution in [0.25, 0.3) is 0 Å². The van der Waals surface area contributed by atoms with Crippen molar-refractivity contribution in [2.75, 3.05) is 0 Å². The van der Waals surface area contributed by atoms with Crippen molar-refractivity contribution in [3.8, 4) is 0 Å². The molecule has 0 aliphatic rings. The van der Waals surface area contributed by atoms with Crippen LogP contribution in [0.4, 0.5) is 0 Å². The van der Waals surface area contributed by atoms with Crippen molar-refractivity contribution in [3.05, 3.63) is 58.5 Å². The summed E-state index contributed by atoms with van der Waals surface area (Å²) in [5, 5.41) is 0. The zero-order chi connectivity index (χ0) is 11.5. The van der Waals surface area contributed by atoms with E-state index in [9.17, 15) is 4.79 Å². The maximum atomic E-state index is 12.0. The Bertz CT molecular complexity index is 493. The third-order valence-corrected chi connectivity index (χ3v) is 2.91. The molecule has 82 valence electrons. The standard InChI is InChI=1S/C12H10BrNO2/c13-9-6-7-16-12(9)11(15)10(14)8-4-2-1-3-5-8/h1-7,10H,14H2. The van der Waals surface area contributed by atoms with Gasteiger partial charge in [0.05, 0.1) is 16.8 Å². The monoisotopic (exact) mass is 279 g/mol. The van der Waals surface area contributed by atoms with Crippen LogP contribution in [-0.4, -0.2) is 5.78 Å². The number of hydrogen-bond donors (Lipinski definition) is 1. The molecule has 16 heavy (non-hydrogen) atoms. The Morgan fingerprint density at radius 1 is 1.25 bits per heavy atom. The Hall–Kier alpha value is -1.39. The number of rotatable bonds is 3. The Morgan fingerprint density at radius 2 is 1.94 bits per heavy atom. The van der Waals surface area contributed by atoms with E-state index < -0.39 is 6.04 Å². The van der Waals surface area contributed by atoms with Crippen LogP contribution in [0.5, 0.6) is 0 Å². The van der Waals surface area contributed by atoms with Crippen molar-refractivity contribution in [2.45, 2.75) is 6.04 Å². The zero-order valence-electron chi connectivity index (χ0n) is 8.39. The molecule has 0 spiro atoms. The van der Waals surface area contributed by atoms with Gasteiger partial charge in [0, 0.05) is 0 Å². The van der Waals surface area contributed by atoms with Gasteiger partial charge in [0.25, 0.3) is 0 Å². The zero-order valence-corrected chi connectivity index (χ0v) is 9.98. The van der Waals surface area contributed by atoms with Gasteiger partial charge in [-0.2, -0.15) is 0 Å². The smallest absolute Gasteiger partial charge is 0.220 e. The van der Waals surface area contributed by atoms with Gasteiger partial charge in [0.2, 0.25) is 5.78 Å². The Kier molecular flexibility index (Phi) is 3.22. The van der Waals surface area contributed by atoms with Crippen LogP contribution in [-0.2, 0) is 0 Å². The first-order valence-corrected chi connectivity index (χ1v) is 5.57. The summed E-state index contributed by atoms with van der Waals surface area (Å²) in [5.74, 6) is 0.0272. The van der Waals surface area contributed by atoms with Gasteiger partial charge in [-0.15, -0.1) is 0 Å². The minimum Gasteiger partial charge on any atom is -0.460 e. The van der Waals surface area contributed by atoms with Gasteiger partial charge >= 0.3 is 0 Å². The molecule has 1 aromatic carbocycles. The lowest BCUT2D eigenvalue weighted by Gasteiger charge is -2.08. The lowest BCUT2D eigenvalue weighted by atomic mass is 10.0. The van der Waals surface area contributed by atoms with Gasteiger partial charge < -0.3 is 10.2 Å². The van der Waals surface area contributed by atoms with Crippen molar-refractivity contribution in [3.63, 3.8) is 0 Å². The minimum absolute atomic E-state index is 0.233. The average Bonchev–Trinajstić information content (AvgIpc) is 2.75. The first kappa shape index (κ1) is 11.1. The van der Waals surface area contributed by atoms with Crippen LogP contribution in [0.2, 0.25) is 0 Å². The molecule has 0 aliphatic heterocycles. The van der Waals surface area contributed by atoms with E-state index in [1.165, 1.54) is 6.26 Å². The van der Waals surface area contributed by atoms with E-state index in [2.05, 4.69) is 15.9 Å². The molecule has 0 saturated carbocycles. The van der Waals surface area contributed by atoms with E-state index in [0.717, 1.165) is 5.56 Å². The summed E-state index contributed by atoms with van der Waals surface area (Å²) in [6.45, 7) is 0. The predicted molar refractivity (Wildman–Crippen MR) is 64.1 cm³/mol. The summed E-state index contributed by atoms with van der Waals surface area (Å²) in [5.41, 5.74) is 6.64. The van der Waals surface area contributed by atoms with Crippen LogP contribution in [0.3, 0.4) is 0 Å². The summed E-state index contributed by atoms with van der Waals surface area (Å²) in [6, 6.07) is 10.2. The number of hydrogen-bond acceptors (Lipinski definition) is 3. The molecule has 4 heteroatoms. The summed E-state index contributed by atoms with van der Waals surface area (Å²) in [4.78, 5) is 12.0. The van der Waals surface area contributed by atoms with E-state index in [4.69, 9.17) is 10.2 Å². The second-order valence-corrected chi connectivity index (χ2v) is 4.20. The average molecular weight is 280 g/mol. The second kappa shape index (κ2) is 4.63. The number of ketones is 1. The summed E-state index contributed by atoms with van der Waals surface area (Å²) in [6.07, 6.45) is 1.45. The number of Topliss-reactive ketones (excluding diaryl/α,β-unsaturated/α-hetero) is 1. The van der Waals surface area contributed by atoms with E-state index in [0.29, 0.717) is 4.47 Å². The third-order valence-electron chi connectivity index (χ3n) is 2.28. The van der Waals surface area contributed by atoms with E-state index in [1.54, 1.807) is 6.07 Å². The molecule has 2 aromatic rings. The molecule has 0 radical (unpaired) electrons. The molecular weight excluding hydrogens is 270 g/mol. The molecule has 1 atom stereocenters. The molecule has 3 nitrogen and oxygen atoms in total. The Morgan fingerprint density at radius 3 is 2.50 bits per heavy atom. The molecule has 0 fully saturated rings. The fraction of sp³-hybridized carbons (Fsp3) is 0.0833. The quantitative estimate of drug-likeness (QED) is 0.879. The Balaban J connectivity index is 2.27. The van der Waals surface area contributed by atoms with Gasteiger partial charge in [-0.3, -0.25) is 4.79 Å². The van der Waals surface area contributed by atoms with Crippen LogP contribution in [0.1, 0.15) is 22.2 Å². The third kappa shape index (κ3) is 2.08. The number of carbonyl (C=O) groups is 1. The summed E-state index contributed by atoms with van der Waals surface area (Å²) in [7, 11) is 0. The van der Waals surface area contributed by atoms with E-state index in [-0.39, 0.29) is 11.5 Å². The number of carbonyl (C=O) groups excluding carboxylic acids is 1. The maximum absolute atomic E-state index is 12.0. The highest BCUT2D eigenvalue weighted by Crippen LogP contribution is 2.23. The molecule has 0 bridgehead atoms. The van der Waals surface area contributed by atoms with Gasteiger partial charge in [-0.25, -0.2) is 0 Å². The van der Waals surface area contributed by atoms with Gasteiger partial charge in [-0.1, -0.05) is 30.3 Å². The van der Waals surface area contributed by atoms with Crippen molar-refractivity contribution in [2.24, 2.45) is 5.73 Å². The maximum Gasteiger partial charge on any atom is 0.220 e. The Labute approximate surface area is 101 Å². The van der Waals surface area contributed by atoms with Gasteiger partial charge in [-0.05, 0) is 27.6 Å². The number of furan rings is 1. The first-order chi connectivity index (χ1) is 7.70. The highest BCUT2D eigenvalue weighted by atomic mass is 79.9. The van der Waals surface area contributed by atoms with Crippen molar-refractivity contribution in [1.82, 2.24) is 0 Å². The molecule has 2 N–H and O–H groups in total. The molecule has 1 aromatic heterocycles. The largest absolute Gasteiger partial charge is 0.460 e. The summed E-state index contributed by atoms with van der Waals surface area (Å²) >= 11 is 3.24. The van der Waals surface area contributed by atoms with Crippen molar-refractivity contribution < 1.29 is 9.21 Å². The summed E-state index contributed by atoms with van der Waals surface area (Å²) < 4.78 is 5.72. The number of nitrogens with two attached hydrogens (primary N) is 1. The van der Waals surface area contributed by atoms with Crippen molar-refractivity contribution in [1.29, 1.82) is 0 Å². The molecule has 1 heterocycles. The number of benzene rings is 1. The topological polar surface area (TPSA) is 56.2 Å². The second-order valence-electron chi connectivity index (χ2n) is 3.35. The van der Waals surface area contributed by atoms with Gasteiger partial charge in [0.15, 0.2) is 5.76 Å². The fourth-order valence-electron chi connectivity index (χ4n) is 1.42. The van der Waals surface area contributed by atoms with Crippen LogP contribution in [0.15, 0.2) is 51.6 Å². The van der Waals surface area contributed by atoms with E-state index in [1.807, 2.05) is 30.3 Å². The molecule has 0 amide bonds. The molecule has 0 saturated heterocycles. The van der Waals surface area contributed by atoms with Gasteiger partial charge in [0.1, 0.15) is 0 Å². The highest BCUT2D eigenvalue weighted by molar-refractivity contribution is 9.10. The molecular formula is C12H10BrNO2. The fourth-order valence-corrected chi connectivity index (χ4v) is 1.82. The van der Waals surface area contributed by atoms with E-state index >= 15 is 0 Å². The van der Waals surface area contributed by atoms with Crippen LogP contribution < -0.4 is 5.73 Å². The minimum atomic E-state index is -0.691. The molecule has 1 unspecified atom stereocenters. The molecule has 0 aliphatic carbocycles. The lowest BCUT2D eigenvalue weighted by molar-refractivity contribution is 0.0933. The SMILES string of the molecule is NC(C(=O)c1occc1Br)c1ccccc1. The lowest BCUT2D eigenvalue weighted by Crippen LogP contribution is -2.21. The van der Waals surface area contributed by atoms with Crippen molar-refractivity contribution >= 4 is 21.7 Å². The van der Waals surface area contributed by atoms with Crippen LogP contribution in [0, 0.1) is 0 Å². The highest BCUT2D eigenvalue weighted by Gasteiger charge is 2.22. The molecule has 2 rings (SSSR count). The van der Waals surface area contributed by atoms with Crippen LogP contribution >= 0.6 is 15.9 Å². The predicted octanol–water partition coefficient (Wildman–Crippen LogP) is 2.92.